The number of para-hydroxylation sites is 4. The van der Waals surface area contributed by atoms with Crippen molar-refractivity contribution in [2.24, 2.45) is 0 Å². The molecule has 1 aliphatic rings. The SMILES string of the molecule is c1ccc(-n2c3ccccc3c3cc(-c4ccc5c(c4)c4ccccc4n5-c4ccc(-c5ccc6oc7c(-c8ccc(C9(c%10ccccc%10)c%10ccccc%10-c%10ccccc%109)cc8)cccc7c6c5)cc4)ccc32)cc1. The Kier molecular flexibility index (Phi) is 9.25. The van der Waals surface area contributed by atoms with E-state index in [1.54, 1.807) is 0 Å². The maximum atomic E-state index is 6.78. The molecule has 12 aromatic carbocycles. The van der Waals surface area contributed by atoms with Crippen molar-refractivity contribution in [3.05, 3.63) is 301 Å². The number of benzene rings is 12. The summed E-state index contributed by atoms with van der Waals surface area (Å²) < 4.78 is 11.6. The minimum absolute atomic E-state index is 0.439. The third-order valence-corrected chi connectivity index (χ3v) is 16.4. The fourth-order valence-corrected chi connectivity index (χ4v) is 13.1. The van der Waals surface area contributed by atoms with Crippen LogP contribution >= 0.6 is 0 Å². The summed E-state index contributed by atoms with van der Waals surface area (Å²) in [5, 5.41) is 7.19. The van der Waals surface area contributed by atoms with Crippen LogP contribution in [0.25, 0.3) is 121 Å². The Hall–Kier alpha value is -9.96. The van der Waals surface area contributed by atoms with Gasteiger partial charge in [0.05, 0.1) is 27.5 Å². The normalized spacial score (nSPS) is 12.8. The average molecular weight is 967 g/mol. The van der Waals surface area contributed by atoms with Gasteiger partial charge in [0.1, 0.15) is 11.2 Å². The number of aromatic nitrogens is 2. The van der Waals surface area contributed by atoms with Gasteiger partial charge in [0.15, 0.2) is 0 Å². The Morgan fingerprint density at radius 1 is 0.263 bits per heavy atom. The molecular weight excluding hydrogens is 921 g/mol. The highest BCUT2D eigenvalue weighted by atomic mass is 16.3. The molecule has 3 heterocycles. The van der Waals surface area contributed by atoms with E-state index in [1.807, 2.05) is 0 Å². The summed E-state index contributed by atoms with van der Waals surface area (Å²) in [6.45, 7) is 0. The molecule has 0 aliphatic heterocycles. The Labute approximate surface area is 439 Å². The molecule has 0 radical (unpaired) electrons. The van der Waals surface area contributed by atoms with Crippen molar-refractivity contribution in [1.82, 2.24) is 9.13 Å². The maximum Gasteiger partial charge on any atom is 0.143 e. The van der Waals surface area contributed by atoms with Crippen molar-refractivity contribution in [3.63, 3.8) is 0 Å². The van der Waals surface area contributed by atoms with Crippen LogP contribution in [0.4, 0.5) is 0 Å². The molecule has 354 valence electrons. The summed E-state index contributed by atoms with van der Waals surface area (Å²) in [5.74, 6) is 0. The third kappa shape index (κ3) is 6.17. The molecule has 0 N–H and O–H groups in total. The molecule has 0 atom stereocenters. The van der Waals surface area contributed by atoms with Gasteiger partial charge < -0.3 is 13.6 Å². The van der Waals surface area contributed by atoms with Crippen LogP contribution in [-0.4, -0.2) is 9.13 Å². The molecule has 3 aromatic heterocycles. The molecule has 1 aliphatic carbocycles. The summed E-state index contributed by atoms with van der Waals surface area (Å²) in [6.07, 6.45) is 0. The summed E-state index contributed by atoms with van der Waals surface area (Å²) >= 11 is 0. The lowest BCUT2D eigenvalue weighted by Gasteiger charge is -2.34. The lowest BCUT2D eigenvalue weighted by Crippen LogP contribution is -2.28. The number of hydrogen-bond donors (Lipinski definition) is 0. The van der Waals surface area contributed by atoms with Gasteiger partial charge in [0, 0.05) is 49.3 Å². The van der Waals surface area contributed by atoms with Gasteiger partial charge in [-0.1, -0.05) is 206 Å². The molecule has 16 rings (SSSR count). The van der Waals surface area contributed by atoms with Crippen molar-refractivity contribution < 1.29 is 4.42 Å². The number of nitrogens with zero attached hydrogens (tertiary/aromatic N) is 2. The zero-order valence-corrected chi connectivity index (χ0v) is 41.4. The van der Waals surface area contributed by atoms with Gasteiger partial charge in [-0.2, -0.15) is 0 Å². The molecular formula is C73H46N2O. The fraction of sp³-hybridized carbons (Fsp3) is 0.0137. The average Bonchev–Trinajstić information content (AvgIpc) is 4.34. The quantitative estimate of drug-likeness (QED) is 0.156. The second-order valence-corrected chi connectivity index (χ2v) is 20.3. The first kappa shape index (κ1) is 42.5. The van der Waals surface area contributed by atoms with E-state index >= 15 is 0 Å². The van der Waals surface area contributed by atoms with E-state index < -0.39 is 5.41 Å². The first-order valence-electron chi connectivity index (χ1n) is 26.2. The van der Waals surface area contributed by atoms with Gasteiger partial charge in [-0.05, 0) is 134 Å². The van der Waals surface area contributed by atoms with Crippen molar-refractivity contribution in [1.29, 1.82) is 0 Å². The molecule has 0 saturated heterocycles. The number of furan rings is 1. The molecule has 0 amide bonds. The predicted molar refractivity (Wildman–Crippen MR) is 316 cm³/mol. The fourth-order valence-electron chi connectivity index (χ4n) is 13.1. The van der Waals surface area contributed by atoms with Crippen molar-refractivity contribution in [2.75, 3.05) is 0 Å². The van der Waals surface area contributed by atoms with Gasteiger partial charge in [-0.15, -0.1) is 0 Å². The lowest BCUT2D eigenvalue weighted by atomic mass is 9.67. The molecule has 15 aromatic rings. The summed E-state index contributed by atoms with van der Waals surface area (Å²) in [4.78, 5) is 0. The highest BCUT2D eigenvalue weighted by molar-refractivity contribution is 6.13. The summed E-state index contributed by atoms with van der Waals surface area (Å²) in [7, 11) is 0. The Bertz CT molecular complexity index is 4740. The molecule has 0 unspecified atom stereocenters. The monoisotopic (exact) mass is 966 g/mol. The molecule has 0 fully saturated rings. The lowest BCUT2D eigenvalue weighted by molar-refractivity contribution is 0.670. The summed E-state index contributed by atoms with van der Waals surface area (Å²) in [6, 6.07) is 102. The molecule has 0 spiro atoms. The van der Waals surface area contributed by atoms with Gasteiger partial charge in [-0.25, -0.2) is 0 Å². The first-order valence-corrected chi connectivity index (χ1v) is 26.2. The van der Waals surface area contributed by atoms with E-state index in [9.17, 15) is 0 Å². The number of fused-ring (bicyclic) bond motifs is 12. The van der Waals surface area contributed by atoms with Crippen molar-refractivity contribution in [3.8, 4) is 55.9 Å². The van der Waals surface area contributed by atoms with Crippen LogP contribution in [0.1, 0.15) is 22.3 Å². The van der Waals surface area contributed by atoms with Crippen molar-refractivity contribution >= 4 is 65.6 Å². The largest absolute Gasteiger partial charge is 0.455 e. The number of rotatable bonds is 7. The van der Waals surface area contributed by atoms with Gasteiger partial charge in [0.2, 0.25) is 0 Å². The van der Waals surface area contributed by atoms with Crippen LogP contribution in [-0.2, 0) is 5.41 Å². The van der Waals surface area contributed by atoms with E-state index in [0.717, 1.165) is 49.9 Å². The van der Waals surface area contributed by atoms with Crippen LogP contribution < -0.4 is 0 Å². The highest BCUT2D eigenvalue weighted by Gasteiger charge is 2.45. The van der Waals surface area contributed by atoms with Crippen LogP contribution in [0.15, 0.2) is 283 Å². The third-order valence-electron chi connectivity index (χ3n) is 16.4. The van der Waals surface area contributed by atoms with Crippen LogP contribution in [0.3, 0.4) is 0 Å². The van der Waals surface area contributed by atoms with E-state index in [0.29, 0.717) is 0 Å². The van der Waals surface area contributed by atoms with Gasteiger partial charge >= 0.3 is 0 Å². The highest BCUT2D eigenvalue weighted by Crippen LogP contribution is 2.56. The van der Waals surface area contributed by atoms with Crippen molar-refractivity contribution in [2.45, 2.75) is 5.41 Å². The molecule has 3 heteroatoms. The Morgan fingerprint density at radius 2 is 0.697 bits per heavy atom. The van der Waals surface area contributed by atoms with Gasteiger partial charge in [0.25, 0.3) is 0 Å². The van der Waals surface area contributed by atoms with Crippen LogP contribution in [0, 0.1) is 0 Å². The Morgan fingerprint density at radius 3 is 1.33 bits per heavy atom. The minimum Gasteiger partial charge on any atom is -0.455 e. The second-order valence-electron chi connectivity index (χ2n) is 20.3. The van der Waals surface area contributed by atoms with E-state index in [1.165, 1.54) is 93.8 Å². The maximum absolute atomic E-state index is 6.78. The van der Waals surface area contributed by atoms with Crippen LogP contribution in [0.2, 0.25) is 0 Å². The van der Waals surface area contributed by atoms with E-state index in [-0.39, 0.29) is 0 Å². The molecule has 76 heavy (non-hydrogen) atoms. The van der Waals surface area contributed by atoms with Crippen LogP contribution in [0.5, 0.6) is 0 Å². The van der Waals surface area contributed by atoms with Gasteiger partial charge in [-0.3, -0.25) is 0 Å². The minimum atomic E-state index is -0.439. The molecule has 0 saturated carbocycles. The zero-order valence-electron chi connectivity index (χ0n) is 41.4. The molecule has 0 bridgehead atoms. The summed E-state index contributed by atoms with van der Waals surface area (Å²) in [5.41, 5.74) is 23.1. The first-order chi connectivity index (χ1) is 37.7. The standard InChI is InChI=1S/C73H46N2O/c1-3-16-52(17-4-1)73(65-26-11-7-20-57(65)58-21-8-12-27-66(58)73)53-37-30-48(31-38-53)56-24-15-25-61-64-46-49(36-43-71(64)76-72(56)61)47-32-39-55(40-33-47)75-68-29-14-10-23-60(68)63-45-51(35-42-70(63)75)50-34-41-69-62(44-50)59-22-9-13-28-67(59)74(69)54-18-5-2-6-19-54/h1-46H. The smallest absolute Gasteiger partial charge is 0.143 e. The van der Waals surface area contributed by atoms with E-state index in [2.05, 4.69) is 288 Å². The zero-order chi connectivity index (χ0) is 49.9. The molecule has 3 nitrogen and oxygen atoms in total. The van der Waals surface area contributed by atoms with E-state index in [4.69, 9.17) is 4.42 Å². The number of hydrogen-bond acceptors (Lipinski definition) is 1. The Balaban J connectivity index is 0.736. The topological polar surface area (TPSA) is 23.0 Å². The predicted octanol–water partition coefficient (Wildman–Crippen LogP) is 19.1. The second kappa shape index (κ2) is 16.5.